The summed E-state index contributed by atoms with van der Waals surface area (Å²) >= 11 is 0. The maximum atomic E-state index is 13.5. The van der Waals surface area contributed by atoms with E-state index in [2.05, 4.69) is 5.10 Å². The Hall–Kier alpha value is -4.77. The van der Waals surface area contributed by atoms with E-state index in [1.807, 2.05) is 78.9 Å². The van der Waals surface area contributed by atoms with Gasteiger partial charge in [0.05, 0.1) is 11.8 Å². The molecule has 8 nitrogen and oxygen atoms in total. The Morgan fingerprint density at radius 1 is 1.03 bits per heavy atom. The summed E-state index contributed by atoms with van der Waals surface area (Å²) in [4.78, 5) is 39.1. The summed E-state index contributed by atoms with van der Waals surface area (Å²) in [7, 11) is 0. The number of amides is 1. The average molecular weight is 478 g/mol. The molecular weight excluding hydrogens is 454 g/mol. The lowest BCUT2D eigenvalue weighted by atomic mass is 9.97. The van der Waals surface area contributed by atoms with E-state index in [1.165, 1.54) is 15.8 Å². The molecule has 4 aromatic rings. The van der Waals surface area contributed by atoms with Gasteiger partial charge in [-0.2, -0.15) is 10.4 Å². The van der Waals surface area contributed by atoms with Crippen LogP contribution in [0.5, 0.6) is 0 Å². The minimum absolute atomic E-state index is 0.189. The van der Waals surface area contributed by atoms with Gasteiger partial charge in [-0.15, -0.1) is 0 Å². The van der Waals surface area contributed by atoms with Gasteiger partial charge in [0.2, 0.25) is 0 Å². The first-order valence-electron chi connectivity index (χ1n) is 11.7. The highest BCUT2D eigenvalue weighted by molar-refractivity contribution is 6.05. The maximum absolute atomic E-state index is 13.5. The number of hydrogen-bond acceptors (Lipinski definition) is 5. The third-order valence-electron chi connectivity index (χ3n) is 6.42. The van der Waals surface area contributed by atoms with Crippen molar-refractivity contribution >= 4 is 22.4 Å². The first-order valence-corrected chi connectivity index (χ1v) is 11.7. The van der Waals surface area contributed by atoms with Crippen molar-refractivity contribution in [3.05, 3.63) is 117 Å². The summed E-state index contributed by atoms with van der Waals surface area (Å²) in [6.07, 6.45) is 1.71. The van der Waals surface area contributed by atoms with Crippen LogP contribution in [0.2, 0.25) is 0 Å². The second-order valence-corrected chi connectivity index (χ2v) is 8.59. The quantitative estimate of drug-likeness (QED) is 0.440. The Morgan fingerprint density at radius 3 is 2.47 bits per heavy atom. The zero-order valence-electron chi connectivity index (χ0n) is 19.7. The zero-order valence-corrected chi connectivity index (χ0v) is 19.7. The van der Waals surface area contributed by atoms with Crippen molar-refractivity contribution in [3.63, 3.8) is 0 Å². The van der Waals surface area contributed by atoms with Crippen LogP contribution >= 0.6 is 0 Å². The highest BCUT2D eigenvalue weighted by Crippen LogP contribution is 2.33. The molecule has 1 unspecified atom stereocenters. The molecule has 0 N–H and O–H groups in total. The molecule has 1 aliphatic rings. The van der Waals surface area contributed by atoms with Crippen LogP contribution in [-0.2, 0) is 17.9 Å². The molecule has 5 rings (SSSR count). The van der Waals surface area contributed by atoms with E-state index in [1.54, 1.807) is 6.92 Å². The Balaban J connectivity index is 1.55. The standard InChI is InChI=1S/C28H23N5O3/c1-2-31-17-23(16-29)27(35)32(28(31)36)18-26(34)33-25(20-9-4-3-5-10-20)15-24(30-33)22-13-12-19-8-6-7-11-21(19)14-22/h3-14,17,25H,2,15,18H2,1H3. The lowest BCUT2D eigenvalue weighted by Gasteiger charge is -2.22. The number of carbonyl (C=O) groups is 1. The number of hydrazone groups is 1. The van der Waals surface area contributed by atoms with Gasteiger partial charge >= 0.3 is 5.69 Å². The molecule has 0 bridgehead atoms. The summed E-state index contributed by atoms with van der Waals surface area (Å²) in [6, 6.07) is 25.0. The van der Waals surface area contributed by atoms with Crippen molar-refractivity contribution in [1.29, 1.82) is 5.26 Å². The van der Waals surface area contributed by atoms with Gasteiger partial charge in [0.25, 0.3) is 11.5 Å². The molecule has 1 aromatic heterocycles. The normalized spacial score (nSPS) is 15.1. The van der Waals surface area contributed by atoms with Crippen molar-refractivity contribution in [3.8, 4) is 6.07 Å². The van der Waals surface area contributed by atoms with Crippen molar-refractivity contribution in [1.82, 2.24) is 14.1 Å². The number of aromatic nitrogens is 2. The highest BCUT2D eigenvalue weighted by atomic mass is 16.2. The molecule has 1 amide bonds. The van der Waals surface area contributed by atoms with E-state index in [0.29, 0.717) is 6.42 Å². The van der Waals surface area contributed by atoms with Crippen LogP contribution in [0.1, 0.15) is 36.1 Å². The minimum Gasteiger partial charge on any atom is -0.299 e. The van der Waals surface area contributed by atoms with Crippen LogP contribution in [0.25, 0.3) is 10.8 Å². The molecule has 0 fully saturated rings. The number of nitriles is 1. The summed E-state index contributed by atoms with van der Waals surface area (Å²) in [5.74, 6) is -0.503. The third-order valence-corrected chi connectivity index (χ3v) is 6.42. The predicted octanol–water partition coefficient (Wildman–Crippen LogP) is 3.43. The summed E-state index contributed by atoms with van der Waals surface area (Å²) in [6.45, 7) is 1.48. The Kier molecular flexibility index (Phi) is 6.05. The second-order valence-electron chi connectivity index (χ2n) is 8.59. The van der Waals surface area contributed by atoms with Crippen molar-refractivity contribution in [2.75, 3.05) is 0 Å². The fourth-order valence-corrected chi connectivity index (χ4v) is 4.52. The number of rotatable bonds is 5. The van der Waals surface area contributed by atoms with Crippen molar-refractivity contribution in [2.45, 2.75) is 32.5 Å². The monoisotopic (exact) mass is 477 g/mol. The average Bonchev–Trinajstić information content (AvgIpc) is 3.37. The van der Waals surface area contributed by atoms with Gasteiger partial charge in [-0.1, -0.05) is 66.7 Å². The maximum Gasteiger partial charge on any atom is 0.331 e. The van der Waals surface area contributed by atoms with E-state index in [4.69, 9.17) is 0 Å². The Bertz CT molecular complexity index is 1660. The van der Waals surface area contributed by atoms with E-state index in [0.717, 1.165) is 32.2 Å². The van der Waals surface area contributed by atoms with E-state index in [9.17, 15) is 19.6 Å². The van der Waals surface area contributed by atoms with E-state index < -0.39 is 23.7 Å². The van der Waals surface area contributed by atoms with Crippen LogP contribution in [0.3, 0.4) is 0 Å². The number of aryl methyl sites for hydroxylation is 1. The largest absolute Gasteiger partial charge is 0.331 e. The van der Waals surface area contributed by atoms with Crippen LogP contribution in [0.15, 0.2) is 93.7 Å². The van der Waals surface area contributed by atoms with E-state index >= 15 is 0 Å². The lowest BCUT2D eigenvalue weighted by Crippen LogP contribution is -2.44. The Labute approximate surface area is 207 Å². The molecule has 0 spiro atoms. The smallest absolute Gasteiger partial charge is 0.299 e. The van der Waals surface area contributed by atoms with Gasteiger partial charge in [0.15, 0.2) is 0 Å². The molecule has 0 saturated carbocycles. The molecular formula is C28H23N5O3. The molecule has 0 aliphatic carbocycles. The number of nitrogens with zero attached hydrogens (tertiary/aromatic N) is 5. The number of fused-ring (bicyclic) bond motifs is 1. The van der Waals surface area contributed by atoms with Gasteiger partial charge < -0.3 is 0 Å². The van der Waals surface area contributed by atoms with Crippen molar-refractivity contribution < 1.29 is 4.79 Å². The van der Waals surface area contributed by atoms with Crippen LogP contribution < -0.4 is 11.2 Å². The van der Waals surface area contributed by atoms with Crippen LogP contribution in [0.4, 0.5) is 0 Å². The third kappa shape index (κ3) is 4.12. The highest BCUT2D eigenvalue weighted by Gasteiger charge is 2.33. The second kappa shape index (κ2) is 9.47. The Morgan fingerprint density at radius 2 is 1.75 bits per heavy atom. The number of hydrogen-bond donors (Lipinski definition) is 0. The fraction of sp³-hybridized carbons (Fsp3) is 0.179. The topological polar surface area (TPSA) is 100 Å². The predicted molar refractivity (Wildman–Crippen MR) is 136 cm³/mol. The minimum atomic E-state index is -0.783. The first kappa shape index (κ1) is 23.0. The molecule has 1 aliphatic heterocycles. The van der Waals surface area contributed by atoms with Gasteiger partial charge in [0.1, 0.15) is 18.2 Å². The van der Waals surface area contributed by atoms with Gasteiger partial charge in [-0.25, -0.2) is 14.4 Å². The number of carbonyl (C=O) groups excluding carboxylic acids is 1. The molecule has 1 atom stereocenters. The van der Waals surface area contributed by atoms with Gasteiger partial charge in [0, 0.05) is 19.2 Å². The summed E-state index contributed by atoms with van der Waals surface area (Å²) in [5.41, 5.74) is 0.938. The summed E-state index contributed by atoms with van der Waals surface area (Å²) < 4.78 is 2.06. The molecule has 178 valence electrons. The first-order chi connectivity index (χ1) is 17.5. The molecule has 36 heavy (non-hydrogen) atoms. The zero-order chi connectivity index (χ0) is 25.2. The van der Waals surface area contributed by atoms with Crippen LogP contribution in [-0.4, -0.2) is 25.8 Å². The number of benzene rings is 3. The molecule has 8 heteroatoms. The SMILES string of the molecule is CCn1cc(C#N)c(=O)n(CC(=O)N2N=C(c3ccc4ccccc4c3)CC2c2ccccc2)c1=O. The molecule has 3 aromatic carbocycles. The summed E-state index contributed by atoms with van der Waals surface area (Å²) in [5, 5.41) is 17.5. The van der Waals surface area contributed by atoms with Gasteiger partial charge in [-0.05, 0) is 34.9 Å². The fourth-order valence-electron chi connectivity index (χ4n) is 4.52. The van der Waals surface area contributed by atoms with E-state index in [-0.39, 0.29) is 18.2 Å². The lowest BCUT2D eigenvalue weighted by molar-refractivity contribution is -0.133. The molecule has 0 radical (unpaired) electrons. The molecule has 0 saturated heterocycles. The van der Waals surface area contributed by atoms with Gasteiger partial charge in [-0.3, -0.25) is 14.2 Å². The van der Waals surface area contributed by atoms with Crippen LogP contribution in [0, 0.1) is 11.3 Å². The van der Waals surface area contributed by atoms with Crippen molar-refractivity contribution in [2.24, 2.45) is 5.10 Å². The molecule has 2 heterocycles.